The smallest absolute Gasteiger partial charge is 0.416 e. The summed E-state index contributed by atoms with van der Waals surface area (Å²) in [5, 5.41) is 0.0483. The van der Waals surface area contributed by atoms with Gasteiger partial charge in [-0.1, -0.05) is 26.8 Å². The summed E-state index contributed by atoms with van der Waals surface area (Å²) in [6.07, 6.45) is -4.37. The van der Waals surface area contributed by atoms with E-state index < -0.39 is 29.1 Å². The first-order valence-electron chi connectivity index (χ1n) is 7.75. The van der Waals surface area contributed by atoms with Crippen LogP contribution in [0.1, 0.15) is 31.9 Å². The highest BCUT2D eigenvalue weighted by Gasteiger charge is 2.37. The topological polar surface area (TPSA) is 18.5 Å². The standard InChI is InChI=1S/C16H27F3O2Si2/c1-15(2,3)23(6,7)20-11-12-8-9-13(16(17,18)19)10-14(12)21-22(4)5/h8-10,22H,11H2,1-7H3. The van der Waals surface area contributed by atoms with E-state index in [1.165, 1.54) is 6.07 Å². The van der Waals surface area contributed by atoms with Crippen LogP contribution >= 0.6 is 0 Å². The van der Waals surface area contributed by atoms with Gasteiger partial charge in [-0.2, -0.15) is 13.2 Å². The molecule has 1 aromatic rings. The van der Waals surface area contributed by atoms with Gasteiger partial charge in [-0.05, 0) is 43.4 Å². The summed E-state index contributed by atoms with van der Waals surface area (Å²) in [4.78, 5) is 0. The largest absolute Gasteiger partial charge is 0.547 e. The van der Waals surface area contributed by atoms with Crippen molar-refractivity contribution in [1.82, 2.24) is 0 Å². The van der Waals surface area contributed by atoms with E-state index in [0.717, 1.165) is 12.1 Å². The third kappa shape index (κ3) is 5.65. The predicted octanol–water partition coefficient (Wildman–Crippen LogP) is 5.59. The van der Waals surface area contributed by atoms with Gasteiger partial charge in [-0.25, -0.2) is 0 Å². The van der Waals surface area contributed by atoms with Crippen molar-refractivity contribution in [3.05, 3.63) is 29.3 Å². The average Bonchev–Trinajstić information content (AvgIpc) is 2.34. The minimum absolute atomic E-state index is 0.0483. The van der Waals surface area contributed by atoms with Crippen LogP contribution in [-0.2, 0) is 17.2 Å². The summed E-state index contributed by atoms with van der Waals surface area (Å²) >= 11 is 0. The van der Waals surface area contributed by atoms with Crippen LogP contribution in [-0.4, -0.2) is 17.4 Å². The first-order valence-corrected chi connectivity index (χ1v) is 13.4. The molecule has 0 fully saturated rings. The van der Waals surface area contributed by atoms with Crippen LogP contribution in [0.25, 0.3) is 0 Å². The maximum absolute atomic E-state index is 12.9. The molecule has 0 aliphatic rings. The van der Waals surface area contributed by atoms with Crippen molar-refractivity contribution in [2.45, 2.75) is 64.8 Å². The Labute approximate surface area is 139 Å². The molecule has 1 rings (SSSR count). The van der Waals surface area contributed by atoms with Crippen LogP contribution < -0.4 is 4.43 Å². The van der Waals surface area contributed by atoms with Gasteiger partial charge in [0, 0.05) is 5.56 Å². The normalized spacial score (nSPS) is 13.5. The Morgan fingerprint density at radius 3 is 2.09 bits per heavy atom. The van der Waals surface area contributed by atoms with Gasteiger partial charge in [0.15, 0.2) is 8.32 Å². The second kappa shape index (κ2) is 6.98. The number of halogens is 3. The molecule has 0 N–H and O–H groups in total. The van der Waals surface area contributed by atoms with Gasteiger partial charge in [-0.3, -0.25) is 0 Å². The molecule has 0 amide bonds. The van der Waals surface area contributed by atoms with E-state index in [2.05, 4.69) is 33.9 Å². The van der Waals surface area contributed by atoms with Crippen LogP contribution in [0.15, 0.2) is 18.2 Å². The minimum atomic E-state index is -4.37. The van der Waals surface area contributed by atoms with Gasteiger partial charge in [0.1, 0.15) is 5.75 Å². The van der Waals surface area contributed by atoms with Crippen LogP contribution in [0.2, 0.25) is 31.2 Å². The SMILES string of the molecule is C[SiH](C)Oc1cc(C(F)(F)F)ccc1CO[Si](C)(C)C(C)(C)C. The Hall–Kier alpha value is -0.796. The zero-order chi connectivity index (χ0) is 18.1. The highest BCUT2D eigenvalue weighted by molar-refractivity contribution is 6.74. The van der Waals surface area contributed by atoms with Crippen molar-refractivity contribution in [2.75, 3.05) is 0 Å². The molecule has 23 heavy (non-hydrogen) atoms. The van der Waals surface area contributed by atoms with Crippen molar-refractivity contribution in [1.29, 1.82) is 0 Å². The quantitative estimate of drug-likeness (QED) is 0.634. The van der Waals surface area contributed by atoms with E-state index in [1.807, 2.05) is 13.1 Å². The lowest BCUT2D eigenvalue weighted by atomic mass is 10.1. The molecule has 7 heteroatoms. The van der Waals surface area contributed by atoms with E-state index in [0.29, 0.717) is 11.3 Å². The van der Waals surface area contributed by atoms with Crippen LogP contribution in [0.5, 0.6) is 5.75 Å². The van der Waals surface area contributed by atoms with Crippen LogP contribution in [0.3, 0.4) is 0 Å². The fraction of sp³-hybridized carbons (Fsp3) is 0.625. The Kier molecular flexibility index (Phi) is 6.15. The summed E-state index contributed by atoms with van der Waals surface area (Å²) in [6.45, 7) is 14.8. The lowest BCUT2D eigenvalue weighted by Crippen LogP contribution is -2.40. The van der Waals surface area contributed by atoms with Crippen LogP contribution in [0, 0.1) is 0 Å². The monoisotopic (exact) mass is 364 g/mol. The molecule has 0 heterocycles. The van der Waals surface area contributed by atoms with E-state index in [4.69, 9.17) is 8.85 Å². The maximum atomic E-state index is 12.9. The fourth-order valence-electron chi connectivity index (χ4n) is 1.69. The Bertz CT molecular complexity index is 535. The second-order valence-electron chi connectivity index (χ2n) is 7.54. The second-order valence-corrected chi connectivity index (χ2v) is 14.7. The van der Waals surface area contributed by atoms with Gasteiger partial charge in [-0.15, -0.1) is 0 Å². The molecular formula is C16H27F3O2Si2. The Morgan fingerprint density at radius 2 is 1.65 bits per heavy atom. The van der Waals surface area contributed by atoms with Crippen LogP contribution in [0.4, 0.5) is 13.2 Å². The van der Waals surface area contributed by atoms with Gasteiger partial charge < -0.3 is 8.85 Å². The molecule has 0 spiro atoms. The van der Waals surface area contributed by atoms with Crippen molar-refractivity contribution in [3.63, 3.8) is 0 Å². The summed E-state index contributed by atoms with van der Waals surface area (Å²) in [7, 11) is -3.48. The molecule has 1 aromatic carbocycles. The summed E-state index contributed by atoms with van der Waals surface area (Å²) in [5.74, 6) is 0.306. The summed E-state index contributed by atoms with van der Waals surface area (Å²) < 4.78 is 50.5. The lowest BCUT2D eigenvalue weighted by molar-refractivity contribution is -0.137. The third-order valence-electron chi connectivity index (χ3n) is 4.15. The minimum Gasteiger partial charge on any atom is -0.547 e. The Balaban J connectivity index is 3.06. The van der Waals surface area contributed by atoms with Crippen molar-refractivity contribution >= 4 is 17.4 Å². The Morgan fingerprint density at radius 1 is 1.09 bits per heavy atom. The van der Waals surface area contributed by atoms with Crippen molar-refractivity contribution in [2.24, 2.45) is 0 Å². The molecule has 0 saturated heterocycles. The van der Waals surface area contributed by atoms with E-state index in [9.17, 15) is 13.2 Å². The average molecular weight is 365 g/mol. The van der Waals surface area contributed by atoms with Crippen molar-refractivity contribution < 1.29 is 22.0 Å². The van der Waals surface area contributed by atoms with Crippen molar-refractivity contribution in [3.8, 4) is 5.75 Å². The van der Waals surface area contributed by atoms with Gasteiger partial charge >= 0.3 is 6.18 Å². The molecule has 0 radical (unpaired) electrons. The lowest BCUT2D eigenvalue weighted by Gasteiger charge is -2.36. The highest BCUT2D eigenvalue weighted by Crippen LogP contribution is 2.38. The highest BCUT2D eigenvalue weighted by atomic mass is 28.4. The number of rotatable bonds is 5. The third-order valence-corrected chi connectivity index (χ3v) is 9.36. The molecule has 0 bridgehead atoms. The molecule has 2 nitrogen and oxygen atoms in total. The molecule has 0 aliphatic carbocycles. The summed E-state index contributed by atoms with van der Waals surface area (Å²) in [5.41, 5.74) is 0.00208. The zero-order valence-corrected chi connectivity index (χ0v) is 17.1. The number of alkyl halides is 3. The number of hydrogen-bond donors (Lipinski definition) is 0. The van der Waals surface area contributed by atoms with Gasteiger partial charge in [0.25, 0.3) is 0 Å². The molecule has 0 atom stereocenters. The first kappa shape index (κ1) is 20.2. The zero-order valence-electron chi connectivity index (χ0n) is 15.0. The van der Waals surface area contributed by atoms with E-state index >= 15 is 0 Å². The molecule has 0 saturated carbocycles. The summed E-state index contributed by atoms with van der Waals surface area (Å²) in [6, 6.07) is 3.67. The number of hydrogen-bond acceptors (Lipinski definition) is 2. The predicted molar refractivity (Wildman–Crippen MR) is 92.9 cm³/mol. The maximum Gasteiger partial charge on any atom is 0.416 e. The molecule has 0 unspecified atom stereocenters. The van der Waals surface area contributed by atoms with E-state index in [-0.39, 0.29) is 11.6 Å². The molecule has 0 aromatic heterocycles. The first-order chi connectivity index (χ1) is 10.2. The fourth-order valence-corrected chi connectivity index (χ4v) is 3.37. The molecule has 132 valence electrons. The van der Waals surface area contributed by atoms with Gasteiger partial charge in [0.05, 0.1) is 12.2 Å². The van der Waals surface area contributed by atoms with Gasteiger partial charge in [0.2, 0.25) is 9.04 Å². The molecule has 0 aliphatic heterocycles. The molecular weight excluding hydrogens is 337 g/mol. The number of benzene rings is 1. The van der Waals surface area contributed by atoms with E-state index in [1.54, 1.807) is 0 Å².